The lowest BCUT2D eigenvalue weighted by Gasteiger charge is -2.08. The van der Waals surface area contributed by atoms with E-state index < -0.39 is 0 Å². The highest BCUT2D eigenvalue weighted by atomic mass is 14.2. The summed E-state index contributed by atoms with van der Waals surface area (Å²) < 4.78 is 0. The average Bonchev–Trinajstić information content (AvgIpc) is 2.85. The van der Waals surface area contributed by atoms with Crippen molar-refractivity contribution in [2.75, 3.05) is 0 Å². The SMILES string of the molecule is Cc1cccc(-c2ccc3c(c2)Bc2c(C)cc(C)cc2-3)c1. The van der Waals surface area contributed by atoms with E-state index in [2.05, 4.69) is 75.4 Å². The van der Waals surface area contributed by atoms with E-state index in [0.29, 0.717) is 0 Å². The van der Waals surface area contributed by atoms with Crippen molar-refractivity contribution in [3.05, 3.63) is 71.3 Å². The number of rotatable bonds is 1. The van der Waals surface area contributed by atoms with Crippen molar-refractivity contribution >= 4 is 18.2 Å². The second-order valence-corrected chi connectivity index (χ2v) is 6.53. The van der Waals surface area contributed by atoms with Crippen molar-refractivity contribution in [1.82, 2.24) is 0 Å². The quantitative estimate of drug-likeness (QED) is 0.467. The molecule has 3 aromatic rings. The molecule has 1 heteroatoms. The fourth-order valence-electron chi connectivity index (χ4n) is 3.67. The van der Waals surface area contributed by atoms with Crippen LogP contribution in [0.1, 0.15) is 16.7 Å². The van der Waals surface area contributed by atoms with Gasteiger partial charge in [-0.2, -0.15) is 0 Å². The van der Waals surface area contributed by atoms with Gasteiger partial charge in [0.2, 0.25) is 0 Å². The highest BCUT2D eigenvalue weighted by Crippen LogP contribution is 2.27. The van der Waals surface area contributed by atoms with Gasteiger partial charge in [0.15, 0.2) is 7.28 Å². The van der Waals surface area contributed by atoms with Crippen LogP contribution in [0.2, 0.25) is 0 Å². The second-order valence-electron chi connectivity index (χ2n) is 6.53. The summed E-state index contributed by atoms with van der Waals surface area (Å²) >= 11 is 0. The second kappa shape index (κ2) is 4.88. The molecule has 0 aromatic heterocycles. The summed E-state index contributed by atoms with van der Waals surface area (Å²) in [5, 5.41) is 0. The summed E-state index contributed by atoms with van der Waals surface area (Å²) in [4.78, 5) is 0. The van der Waals surface area contributed by atoms with E-state index in [0.717, 1.165) is 7.28 Å². The normalized spacial score (nSPS) is 11.8. The maximum Gasteiger partial charge on any atom is 0.194 e. The minimum absolute atomic E-state index is 1.07. The molecule has 0 N–H and O–H groups in total. The maximum atomic E-state index is 2.37. The number of hydrogen-bond donors (Lipinski definition) is 0. The van der Waals surface area contributed by atoms with Crippen LogP contribution < -0.4 is 10.9 Å². The van der Waals surface area contributed by atoms with Gasteiger partial charge in [0.1, 0.15) is 0 Å². The van der Waals surface area contributed by atoms with Gasteiger partial charge in [0.25, 0.3) is 0 Å². The molecule has 0 spiro atoms. The van der Waals surface area contributed by atoms with Gasteiger partial charge in [-0.05, 0) is 43.0 Å². The Kier molecular flexibility index (Phi) is 2.97. The Labute approximate surface area is 133 Å². The molecular formula is C21H19B. The molecule has 1 aliphatic rings. The summed E-state index contributed by atoms with van der Waals surface area (Å²) in [6, 6.07) is 20.3. The van der Waals surface area contributed by atoms with Crippen LogP contribution in [0, 0.1) is 20.8 Å². The van der Waals surface area contributed by atoms with Crippen molar-refractivity contribution in [3.8, 4) is 22.3 Å². The number of aryl methyl sites for hydroxylation is 3. The Hall–Kier alpha value is -2.28. The molecule has 1 aliphatic heterocycles. The third kappa shape index (κ3) is 2.09. The van der Waals surface area contributed by atoms with Crippen LogP contribution in [0.5, 0.6) is 0 Å². The first-order valence-corrected chi connectivity index (χ1v) is 7.92. The average molecular weight is 282 g/mol. The van der Waals surface area contributed by atoms with Crippen molar-refractivity contribution in [3.63, 3.8) is 0 Å². The molecule has 0 saturated heterocycles. The van der Waals surface area contributed by atoms with Crippen LogP contribution >= 0.6 is 0 Å². The first kappa shape index (κ1) is 13.4. The molecule has 0 aliphatic carbocycles. The molecular weight excluding hydrogens is 263 g/mol. The van der Waals surface area contributed by atoms with Crippen LogP contribution in [0.3, 0.4) is 0 Å². The fraction of sp³-hybridized carbons (Fsp3) is 0.143. The lowest BCUT2D eigenvalue weighted by molar-refractivity contribution is 1.41. The van der Waals surface area contributed by atoms with Gasteiger partial charge in [-0.3, -0.25) is 0 Å². The summed E-state index contributed by atoms with van der Waals surface area (Å²) in [6.45, 7) is 6.57. The third-order valence-corrected chi connectivity index (χ3v) is 4.73. The molecule has 1 heterocycles. The van der Waals surface area contributed by atoms with Crippen LogP contribution in [0.4, 0.5) is 0 Å². The highest BCUT2D eigenvalue weighted by molar-refractivity contribution is 6.74. The molecule has 0 nitrogen and oxygen atoms in total. The Bertz CT molecular complexity index is 890. The third-order valence-electron chi connectivity index (χ3n) is 4.73. The summed E-state index contributed by atoms with van der Waals surface area (Å²) in [6.07, 6.45) is 0. The van der Waals surface area contributed by atoms with Crippen molar-refractivity contribution < 1.29 is 0 Å². The van der Waals surface area contributed by atoms with Crippen molar-refractivity contribution in [2.45, 2.75) is 20.8 Å². The van der Waals surface area contributed by atoms with Gasteiger partial charge in [-0.25, -0.2) is 0 Å². The Morgan fingerprint density at radius 1 is 0.682 bits per heavy atom. The van der Waals surface area contributed by atoms with Gasteiger partial charge in [0, 0.05) is 0 Å². The number of hydrogen-bond acceptors (Lipinski definition) is 0. The Morgan fingerprint density at radius 2 is 1.50 bits per heavy atom. The van der Waals surface area contributed by atoms with Gasteiger partial charge >= 0.3 is 0 Å². The first-order chi connectivity index (χ1) is 10.6. The largest absolute Gasteiger partial charge is 0.194 e. The molecule has 0 fully saturated rings. The van der Waals surface area contributed by atoms with E-state index in [-0.39, 0.29) is 0 Å². The molecule has 0 radical (unpaired) electrons. The lowest BCUT2D eigenvalue weighted by atomic mass is 9.66. The summed E-state index contributed by atoms with van der Waals surface area (Å²) in [7, 11) is 1.07. The van der Waals surface area contributed by atoms with Crippen LogP contribution in [-0.4, -0.2) is 7.28 Å². The molecule has 0 amide bonds. The Morgan fingerprint density at radius 3 is 2.32 bits per heavy atom. The maximum absolute atomic E-state index is 2.37. The molecule has 0 atom stereocenters. The predicted molar refractivity (Wildman–Crippen MR) is 97.9 cm³/mol. The summed E-state index contributed by atoms with van der Waals surface area (Å²) in [5.41, 5.74) is 12.5. The minimum atomic E-state index is 1.07. The monoisotopic (exact) mass is 282 g/mol. The van der Waals surface area contributed by atoms with Crippen LogP contribution in [0.15, 0.2) is 54.6 Å². The molecule has 0 bridgehead atoms. The van der Waals surface area contributed by atoms with Crippen molar-refractivity contribution in [1.29, 1.82) is 0 Å². The zero-order chi connectivity index (χ0) is 15.3. The molecule has 22 heavy (non-hydrogen) atoms. The number of fused-ring (bicyclic) bond motifs is 3. The Balaban J connectivity index is 1.84. The zero-order valence-electron chi connectivity index (χ0n) is 13.4. The predicted octanol–water partition coefficient (Wildman–Crippen LogP) is 3.65. The van der Waals surface area contributed by atoms with E-state index in [1.165, 1.54) is 49.9 Å². The van der Waals surface area contributed by atoms with E-state index in [4.69, 9.17) is 0 Å². The topological polar surface area (TPSA) is 0 Å². The molecule has 106 valence electrons. The molecule has 0 saturated carbocycles. The van der Waals surface area contributed by atoms with E-state index in [1.54, 1.807) is 0 Å². The van der Waals surface area contributed by atoms with E-state index in [1.807, 2.05) is 0 Å². The molecule has 0 unspecified atom stereocenters. The van der Waals surface area contributed by atoms with Crippen LogP contribution in [0.25, 0.3) is 22.3 Å². The number of benzene rings is 3. The van der Waals surface area contributed by atoms with Crippen molar-refractivity contribution in [2.24, 2.45) is 0 Å². The zero-order valence-corrected chi connectivity index (χ0v) is 13.4. The highest BCUT2D eigenvalue weighted by Gasteiger charge is 2.21. The van der Waals surface area contributed by atoms with Gasteiger partial charge in [-0.15, -0.1) is 0 Å². The van der Waals surface area contributed by atoms with Gasteiger partial charge in [0.05, 0.1) is 0 Å². The van der Waals surface area contributed by atoms with Crippen LogP contribution in [-0.2, 0) is 0 Å². The molecule has 3 aromatic carbocycles. The van der Waals surface area contributed by atoms with Gasteiger partial charge < -0.3 is 0 Å². The smallest absolute Gasteiger partial charge is 0.0702 e. The summed E-state index contributed by atoms with van der Waals surface area (Å²) in [5.74, 6) is 0. The van der Waals surface area contributed by atoms with E-state index >= 15 is 0 Å². The minimum Gasteiger partial charge on any atom is -0.0702 e. The molecule has 4 rings (SSSR count). The standard InChI is InChI=1S/C21H19B/c1-13-5-4-6-16(10-13)17-7-8-18-19-11-14(2)9-15(3)21(19)22-20(18)12-17/h4-12,22H,1-3H3. The van der Waals surface area contributed by atoms with E-state index in [9.17, 15) is 0 Å². The lowest BCUT2D eigenvalue weighted by Crippen LogP contribution is -2.23. The first-order valence-electron chi connectivity index (χ1n) is 7.92. The van der Waals surface area contributed by atoms with Gasteiger partial charge in [-0.1, -0.05) is 82.2 Å². The fourth-order valence-corrected chi connectivity index (χ4v) is 3.67.